The van der Waals surface area contributed by atoms with Crippen LogP contribution in [0.2, 0.25) is 12.1 Å². The fraction of sp³-hybridized carbons (Fsp3) is 0.545. The third kappa shape index (κ3) is 11.8. The number of piperazine rings is 1. The molecule has 11 nitrogen and oxygen atoms in total. The molecule has 0 aromatic heterocycles. The Kier molecular flexibility index (Phi) is 14.8. The molecule has 3 rings (SSSR count). The van der Waals surface area contributed by atoms with Gasteiger partial charge in [0.15, 0.2) is 0 Å². The van der Waals surface area contributed by atoms with E-state index in [4.69, 9.17) is 18.3 Å². The fourth-order valence-corrected chi connectivity index (χ4v) is 7.83. The highest BCUT2D eigenvalue weighted by Crippen LogP contribution is 2.22. The van der Waals surface area contributed by atoms with E-state index < -0.39 is 20.7 Å². The molecule has 1 aliphatic rings. The van der Waals surface area contributed by atoms with Gasteiger partial charge < -0.3 is 33.9 Å². The highest BCUT2D eigenvalue weighted by atomic mass is 28.4. The Morgan fingerprint density at radius 3 is 2.16 bits per heavy atom. The van der Waals surface area contributed by atoms with Crippen LogP contribution in [0.25, 0.3) is 0 Å². The Morgan fingerprint density at radius 1 is 0.889 bits per heavy atom. The van der Waals surface area contributed by atoms with E-state index in [0.717, 1.165) is 29.0 Å². The van der Waals surface area contributed by atoms with Gasteiger partial charge in [-0.3, -0.25) is 14.5 Å². The number of hydrogen-bond donors (Lipinski definition) is 2. The van der Waals surface area contributed by atoms with Crippen LogP contribution in [0.1, 0.15) is 45.2 Å². The Morgan fingerprint density at radius 2 is 1.56 bits per heavy atom. The first-order valence-electron chi connectivity index (χ1n) is 15.9. The number of ether oxygens (including phenoxy) is 2. The molecule has 1 heterocycles. The molecule has 0 radical (unpaired) electrons. The van der Waals surface area contributed by atoms with Gasteiger partial charge in [0.05, 0.1) is 13.7 Å². The SMILES string of the molecule is CC[Si](CC)(OCC(C(=O)NCc1ccc(OC)cc1)N1CCN(C(=O)CCNC(=O)OCc2ccccc2)CC1)OC(C)C. The molecule has 1 saturated heterocycles. The molecule has 2 N–H and O–H groups in total. The third-order valence-electron chi connectivity index (χ3n) is 7.89. The second-order valence-corrected chi connectivity index (χ2v) is 15.1. The summed E-state index contributed by atoms with van der Waals surface area (Å²) in [5.41, 5.74) is 1.86. The van der Waals surface area contributed by atoms with Gasteiger partial charge in [-0.1, -0.05) is 56.3 Å². The fourth-order valence-electron chi connectivity index (χ4n) is 5.20. The summed E-state index contributed by atoms with van der Waals surface area (Å²) < 4.78 is 23.3. The summed E-state index contributed by atoms with van der Waals surface area (Å²) in [4.78, 5) is 42.4. The number of nitrogens with zero attached hydrogens (tertiary/aromatic N) is 2. The first-order chi connectivity index (χ1) is 21.7. The van der Waals surface area contributed by atoms with Crippen molar-refractivity contribution in [3.63, 3.8) is 0 Å². The van der Waals surface area contributed by atoms with E-state index >= 15 is 0 Å². The molecule has 1 unspecified atom stereocenters. The summed E-state index contributed by atoms with van der Waals surface area (Å²) in [5, 5.41) is 5.73. The molecule has 1 fully saturated rings. The highest BCUT2D eigenvalue weighted by Gasteiger charge is 2.38. The van der Waals surface area contributed by atoms with Crippen molar-refractivity contribution in [3.05, 3.63) is 65.7 Å². The normalized spacial score (nSPS) is 14.6. The number of alkyl carbamates (subject to hydrolysis) is 1. The molecule has 0 aliphatic carbocycles. The second-order valence-electron chi connectivity index (χ2n) is 11.3. The largest absolute Gasteiger partial charge is 0.497 e. The maximum atomic E-state index is 13.6. The molecule has 0 spiro atoms. The van der Waals surface area contributed by atoms with Crippen LogP contribution in [-0.4, -0.2) is 94.9 Å². The number of benzene rings is 2. The number of carbonyl (C=O) groups excluding carboxylic acids is 3. The van der Waals surface area contributed by atoms with Crippen molar-refractivity contribution < 1.29 is 32.7 Å². The molecular formula is C33H50N4O7Si. The Labute approximate surface area is 268 Å². The van der Waals surface area contributed by atoms with Gasteiger partial charge in [-0.25, -0.2) is 4.79 Å². The molecule has 0 bridgehead atoms. The minimum absolute atomic E-state index is 0.0358. The first kappa shape index (κ1) is 36.0. The van der Waals surface area contributed by atoms with Gasteiger partial charge in [0.25, 0.3) is 0 Å². The molecule has 1 aliphatic heterocycles. The van der Waals surface area contributed by atoms with E-state index in [1.807, 2.05) is 68.4 Å². The molecule has 45 heavy (non-hydrogen) atoms. The molecular weight excluding hydrogens is 592 g/mol. The van der Waals surface area contributed by atoms with Gasteiger partial charge in [0, 0.05) is 51.8 Å². The summed E-state index contributed by atoms with van der Waals surface area (Å²) in [6.07, 6.45) is -0.350. The number of nitrogens with one attached hydrogen (secondary N) is 2. The zero-order valence-electron chi connectivity index (χ0n) is 27.4. The van der Waals surface area contributed by atoms with Crippen molar-refractivity contribution in [1.29, 1.82) is 0 Å². The standard InChI is InChI=1S/C33H50N4O7Si/c1-6-45(7-2,44-26(3)4)43-25-30(32(39)35-23-27-13-15-29(41-5)16-14-27)36-19-21-37(22-20-36)31(38)17-18-34-33(40)42-24-28-11-9-8-10-12-28/h8-16,26,30H,6-7,17-25H2,1-5H3,(H,34,40)(H,35,39). The number of hydrogen-bond acceptors (Lipinski definition) is 8. The second kappa shape index (κ2) is 18.5. The van der Waals surface area contributed by atoms with Gasteiger partial charge in [-0.2, -0.15) is 0 Å². The summed E-state index contributed by atoms with van der Waals surface area (Å²) >= 11 is 0. The van der Waals surface area contributed by atoms with Crippen LogP contribution >= 0.6 is 0 Å². The number of methoxy groups -OCH3 is 1. The van der Waals surface area contributed by atoms with Crippen LogP contribution in [0.15, 0.2) is 54.6 Å². The summed E-state index contributed by atoms with van der Waals surface area (Å²) in [7, 11) is -0.867. The smallest absolute Gasteiger partial charge is 0.407 e. The monoisotopic (exact) mass is 642 g/mol. The van der Waals surface area contributed by atoms with Crippen LogP contribution in [0.3, 0.4) is 0 Å². The van der Waals surface area contributed by atoms with E-state index in [-0.39, 0.29) is 44.1 Å². The molecule has 12 heteroatoms. The predicted molar refractivity (Wildman–Crippen MR) is 175 cm³/mol. The Balaban J connectivity index is 1.54. The number of rotatable bonds is 17. The highest BCUT2D eigenvalue weighted by molar-refractivity contribution is 6.67. The van der Waals surface area contributed by atoms with Crippen molar-refractivity contribution >= 4 is 26.5 Å². The van der Waals surface area contributed by atoms with Crippen molar-refractivity contribution in [2.45, 2.75) is 71.5 Å². The predicted octanol–water partition coefficient (Wildman–Crippen LogP) is 4.06. The van der Waals surface area contributed by atoms with E-state index in [9.17, 15) is 14.4 Å². The zero-order valence-corrected chi connectivity index (χ0v) is 28.4. The minimum Gasteiger partial charge on any atom is -0.497 e. The van der Waals surface area contributed by atoms with Crippen LogP contribution in [-0.2, 0) is 36.3 Å². The van der Waals surface area contributed by atoms with Crippen LogP contribution in [0.5, 0.6) is 5.75 Å². The minimum atomic E-state index is -2.49. The van der Waals surface area contributed by atoms with Crippen LogP contribution in [0, 0.1) is 0 Å². The first-order valence-corrected chi connectivity index (χ1v) is 18.1. The lowest BCUT2D eigenvalue weighted by molar-refractivity contribution is -0.135. The van der Waals surface area contributed by atoms with E-state index in [1.165, 1.54) is 0 Å². The lowest BCUT2D eigenvalue weighted by atomic mass is 10.1. The van der Waals surface area contributed by atoms with Gasteiger partial charge in [-0.15, -0.1) is 0 Å². The van der Waals surface area contributed by atoms with Crippen molar-refractivity contribution in [2.75, 3.05) is 46.4 Å². The van der Waals surface area contributed by atoms with Gasteiger partial charge in [-0.05, 0) is 49.2 Å². The van der Waals surface area contributed by atoms with Gasteiger partial charge in [0.1, 0.15) is 18.4 Å². The Hall–Kier alpha value is -3.45. The summed E-state index contributed by atoms with van der Waals surface area (Å²) in [6.45, 7) is 11.2. The topological polar surface area (TPSA) is 119 Å². The zero-order chi connectivity index (χ0) is 32.7. The maximum absolute atomic E-state index is 13.6. The number of amides is 3. The number of carbonyl (C=O) groups is 3. The van der Waals surface area contributed by atoms with Crippen molar-refractivity contribution in [3.8, 4) is 5.75 Å². The van der Waals surface area contributed by atoms with Crippen molar-refractivity contribution in [1.82, 2.24) is 20.4 Å². The lowest BCUT2D eigenvalue weighted by Gasteiger charge is -2.40. The molecule has 0 saturated carbocycles. The molecule has 248 valence electrons. The molecule has 2 aromatic carbocycles. The maximum Gasteiger partial charge on any atom is 0.407 e. The molecule has 1 atom stereocenters. The average molecular weight is 643 g/mol. The van der Waals surface area contributed by atoms with E-state index in [1.54, 1.807) is 12.0 Å². The summed E-state index contributed by atoms with van der Waals surface area (Å²) in [6, 6.07) is 18.1. The van der Waals surface area contributed by atoms with Crippen LogP contribution in [0.4, 0.5) is 4.79 Å². The van der Waals surface area contributed by atoms with Crippen molar-refractivity contribution in [2.24, 2.45) is 0 Å². The van der Waals surface area contributed by atoms with E-state index in [0.29, 0.717) is 32.7 Å². The average Bonchev–Trinajstić information content (AvgIpc) is 3.06. The lowest BCUT2D eigenvalue weighted by Crippen LogP contribution is -2.58. The van der Waals surface area contributed by atoms with E-state index in [2.05, 4.69) is 29.4 Å². The summed E-state index contributed by atoms with van der Waals surface area (Å²) in [5.74, 6) is 0.583. The Bertz CT molecular complexity index is 1190. The third-order valence-corrected chi connectivity index (χ3v) is 11.6. The quantitative estimate of drug-likeness (QED) is 0.248. The van der Waals surface area contributed by atoms with Gasteiger partial charge >= 0.3 is 14.7 Å². The van der Waals surface area contributed by atoms with Gasteiger partial charge in [0.2, 0.25) is 11.8 Å². The molecule has 2 aromatic rings. The molecule has 3 amide bonds. The van der Waals surface area contributed by atoms with Crippen LogP contribution < -0.4 is 15.4 Å².